The summed E-state index contributed by atoms with van der Waals surface area (Å²) in [5.74, 6) is 0. The third-order valence-electron chi connectivity index (χ3n) is 6.26. The summed E-state index contributed by atoms with van der Waals surface area (Å²) in [6, 6.07) is 45.0. The molecule has 0 nitrogen and oxygen atoms in total. The average molecular weight is 367 g/mol. The van der Waals surface area contributed by atoms with Crippen molar-refractivity contribution < 1.29 is 0 Å². The van der Waals surface area contributed by atoms with Crippen LogP contribution in [0.25, 0.3) is 21.9 Å². The summed E-state index contributed by atoms with van der Waals surface area (Å²) >= 11 is 0. The van der Waals surface area contributed by atoms with Gasteiger partial charge in [-0.25, -0.2) is 0 Å². The molecule has 0 heteroatoms. The maximum Gasteiger partial charge on any atom is 0.0713 e. The lowest BCUT2D eigenvalue weighted by Gasteiger charge is -2.34. The van der Waals surface area contributed by atoms with Crippen LogP contribution in [-0.4, -0.2) is 0 Å². The highest BCUT2D eigenvalue weighted by Gasteiger charge is 2.45. The van der Waals surface area contributed by atoms with Gasteiger partial charge in [0.15, 0.2) is 0 Å². The highest BCUT2D eigenvalue weighted by Crippen LogP contribution is 2.56. The van der Waals surface area contributed by atoms with Crippen LogP contribution in [0.1, 0.15) is 22.3 Å². The maximum absolute atomic E-state index is 3.32. The van der Waals surface area contributed by atoms with E-state index < -0.39 is 0 Å². The number of benzene rings is 5. The van der Waals surface area contributed by atoms with Gasteiger partial charge in [-0.2, -0.15) is 0 Å². The van der Waals surface area contributed by atoms with Gasteiger partial charge >= 0.3 is 0 Å². The molecule has 0 aliphatic heterocycles. The zero-order chi connectivity index (χ0) is 19.3. The monoisotopic (exact) mass is 367 g/mol. The van der Waals surface area contributed by atoms with Gasteiger partial charge in [0.2, 0.25) is 0 Å². The summed E-state index contributed by atoms with van der Waals surface area (Å²) in [4.78, 5) is 0. The molecule has 0 fully saturated rings. The fraction of sp³-hybridized carbons (Fsp3) is 0.0345. The summed E-state index contributed by atoms with van der Waals surface area (Å²) in [7, 11) is 0. The van der Waals surface area contributed by atoms with Gasteiger partial charge in [-0.15, -0.1) is 0 Å². The lowest BCUT2D eigenvalue weighted by Crippen LogP contribution is -2.28. The van der Waals surface area contributed by atoms with Gasteiger partial charge in [0.05, 0.1) is 5.41 Å². The van der Waals surface area contributed by atoms with Crippen LogP contribution in [-0.2, 0) is 5.41 Å². The standard InChI is InChI=1S/C29H19/c1-3-13-23(14-4-1)29(24-15-5-2-6-16-24)27-18-10-9-17-25(27)26-19-21-11-7-8-12-22(21)20-28(26)29/h1-8,10-20H. The van der Waals surface area contributed by atoms with Crippen LogP contribution in [0.5, 0.6) is 0 Å². The molecule has 1 aliphatic rings. The van der Waals surface area contributed by atoms with Crippen molar-refractivity contribution in [3.8, 4) is 11.1 Å². The van der Waals surface area contributed by atoms with E-state index in [1.807, 2.05) is 6.07 Å². The molecule has 0 saturated carbocycles. The van der Waals surface area contributed by atoms with Crippen molar-refractivity contribution in [3.05, 3.63) is 144 Å². The van der Waals surface area contributed by atoms with Gasteiger partial charge in [0, 0.05) is 0 Å². The van der Waals surface area contributed by atoms with Crippen molar-refractivity contribution in [2.75, 3.05) is 0 Å². The lowest BCUT2D eigenvalue weighted by molar-refractivity contribution is 0.769. The Hall–Kier alpha value is -3.64. The molecular formula is C29H19. The van der Waals surface area contributed by atoms with Gasteiger partial charge < -0.3 is 0 Å². The lowest BCUT2D eigenvalue weighted by atomic mass is 9.67. The molecule has 5 aromatic carbocycles. The van der Waals surface area contributed by atoms with Crippen molar-refractivity contribution in [1.82, 2.24) is 0 Å². The van der Waals surface area contributed by atoms with Crippen molar-refractivity contribution in [1.29, 1.82) is 0 Å². The Morgan fingerprint density at radius 3 is 1.76 bits per heavy atom. The molecule has 0 amide bonds. The normalized spacial score (nSPS) is 13.8. The molecule has 5 aromatic rings. The highest BCUT2D eigenvalue weighted by molar-refractivity contribution is 5.95. The first kappa shape index (κ1) is 16.3. The van der Waals surface area contributed by atoms with E-state index in [0.717, 1.165) is 0 Å². The first-order chi connectivity index (χ1) is 14.4. The van der Waals surface area contributed by atoms with Crippen molar-refractivity contribution in [2.24, 2.45) is 0 Å². The Labute approximate surface area is 171 Å². The Morgan fingerprint density at radius 1 is 0.517 bits per heavy atom. The molecule has 6 rings (SSSR count). The van der Waals surface area contributed by atoms with Crippen LogP contribution in [0.15, 0.2) is 115 Å². The Kier molecular flexibility index (Phi) is 3.48. The molecule has 0 unspecified atom stereocenters. The Bertz CT molecular complexity index is 1290. The van der Waals surface area contributed by atoms with Gasteiger partial charge in [0.25, 0.3) is 0 Å². The third-order valence-corrected chi connectivity index (χ3v) is 6.26. The first-order valence-electron chi connectivity index (χ1n) is 10.0. The molecule has 0 saturated heterocycles. The first-order valence-corrected chi connectivity index (χ1v) is 10.0. The van der Waals surface area contributed by atoms with Crippen LogP contribution in [0.4, 0.5) is 0 Å². The SMILES string of the molecule is [c]1ccc2c(c1)-c1cc3ccccc3cc1C2(c1ccccc1)c1ccccc1. The summed E-state index contributed by atoms with van der Waals surface area (Å²) in [6.45, 7) is 0. The van der Waals surface area contributed by atoms with Crippen molar-refractivity contribution in [2.45, 2.75) is 5.41 Å². The molecule has 0 bridgehead atoms. The highest BCUT2D eigenvalue weighted by atomic mass is 14.5. The molecule has 135 valence electrons. The van der Waals surface area contributed by atoms with Gasteiger partial charge in [-0.3, -0.25) is 0 Å². The van der Waals surface area contributed by atoms with E-state index in [-0.39, 0.29) is 5.41 Å². The van der Waals surface area contributed by atoms with E-state index in [4.69, 9.17) is 0 Å². The van der Waals surface area contributed by atoms with E-state index in [1.165, 1.54) is 44.2 Å². The van der Waals surface area contributed by atoms with Crippen molar-refractivity contribution in [3.63, 3.8) is 0 Å². The van der Waals surface area contributed by atoms with E-state index >= 15 is 0 Å². The van der Waals surface area contributed by atoms with Crippen LogP contribution >= 0.6 is 0 Å². The quantitative estimate of drug-likeness (QED) is 0.309. The van der Waals surface area contributed by atoms with Gasteiger partial charge in [-0.05, 0) is 68.4 Å². The predicted molar refractivity (Wildman–Crippen MR) is 120 cm³/mol. The van der Waals surface area contributed by atoms with Crippen molar-refractivity contribution >= 4 is 10.8 Å². The van der Waals surface area contributed by atoms with E-state index in [1.54, 1.807) is 0 Å². The predicted octanol–water partition coefficient (Wildman–Crippen LogP) is 7.00. The minimum absolute atomic E-state index is 0.327. The topological polar surface area (TPSA) is 0 Å². The van der Waals surface area contributed by atoms with Crippen LogP contribution in [0, 0.1) is 6.07 Å². The molecule has 0 N–H and O–H groups in total. The molecule has 0 atom stereocenters. The molecule has 0 aromatic heterocycles. The molecule has 0 heterocycles. The zero-order valence-corrected chi connectivity index (χ0v) is 16.0. The van der Waals surface area contributed by atoms with E-state index in [9.17, 15) is 0 Å². The second kappa shape index (κ2) is 6.18. The van der Waals surface area contributed by atoms with Crippen LogP contribution < -0.4 is 0 Å². The van der Waals surface area contributed by atoms with Crippen LogP contribution in [0.3, 0.4) is 0 Å². The number of hydrogen-bond acceptors (Lipinski definition) is 0. The fourth-order valence-electron chi connectivity index (χ4n) is 5.06. The summed E-state index contributed by atoms with van der Waals surface area (Å²) in [5.41, 5.74) is 7.54. The largest absolute Gasteiger partial charge is 0.0713 e. The molecular weight excluding hydrogens is 348 g/mol. The third kappa shape index (κ3) is 2.20. The molecule has 29 heavy (non-hydrogen) atoms. The minimum Gasteiger partial charge on any atom is -0.0622 e. The van der Waals surface area contributed by atoms with Gasteiger partial charge in [0.1, 0.15) is 0 Å². The Balaban J connectivity index is 1.83. The zero-order valence-electron chi connectivity index (χ0n) is 16.0. The van der Waals surface area contributed by atoms with Crippen LogP contribution in [0.2, 0.25) is 0 Å². The number of hydrogen-bond donors (Lipinski definition) is 0. The fourth-order valence-corrected chi connectivity index (χ4v) is 5.06. The summed E-state index contributed by atoms with van der Waals surface area (Å²) in [5, 5.41) is 2.55. The van der Waals surface area contributed by atoms with Gasteiger partial charge in [-0.1, -0.05) is 97.1 Å². The number of rotatable bonds is 2. The average Bonchev–Trinajstić information content (AvgIpc) is 3.09. The summed E-state index contributed by atoms with van der Waals surface area (Å²) in [6.07, 6.45) is 0. The molecule has 1 radical (unpaired) electrons. The van der Waals surface area contributed by atoms with E-state index in [2.05, 4.69) is 115 Å². The molecule has 0 spiro atoms. The smallest absolute Gasteiger partial charge is 0.0622 e. The van der Waals surface area contributed by atoms with E-state index in [0.29, 0.717) is 0 Å². The second-order valence-electron chi connectivity index (χ2n) is 7.70. The summed E-state index contributed by atoms with van der Waals surface area (Å²) < 4.78 is 0. The maximum atomic E-state index is 3.32. The Morgan fingerprint density at radius 2 is 1.10 bits per heavy atom. The second-order valence-corrected chi connectivity index (χ2v) is 7.70. The molecule has 1 aliphatic carbocycles. The minimum atomic E-state index is -0.327. The number of fused-ring (bicyclic) bond motifs is 4.